The zero-order valence-corrected chi connectivity index (χ0v) is 13.6. The van der Waals surface area contributed by atoms with Gasteiger partial charge in [0.05, 0.1) is 16.2 Å². The van der Waals surface area contributed by atoms with Crippen molar-refractivity contribution in [3.05, 3.63) is 29.8 Å². The number of amides is 1. The molecule has 5 nitrogen and oxygen atoms in total. The van der Waals surface area contributed by atoms with E-state index in [0.29, 0.717) is 31.7 Å². The fourth-order valence-electron chi connectivity index (χ4n) is 2.85. The SMILES string of the molecule is NC(=O)O[C@H]1CC[C@@H](CS(=O)(=O)c2cccc(C(F)(F)F)c2)CC1. The summed E-state index contributed by atoms with van der Waals surface area (Å²) in [5, 5.41) is 0. The molecule has 24 heavy (non-hydrogen) atoms. The quantitative estimate of drug-likeness (QED) is 0.888. The van der Waals surface area contributed by atoms with E-state index in [0.717, 1.165) is 12.1 Å². The van der Waals surface area contributed by atoms with E-state index in [1.54, 1.807) is 0 Å². The molecular formula is C15H18F3NO4S. The van der Waals surface area contributed by atoms with Gasteiger partial charge in [-0.1, -0.05) is 6.07 Å². The standard InChI is InChI=1S/C15H18F3NO4S/c16-15(17,18)11-2-1-3-13(8-11)24(21,22)9-10-4-6-12(7-5-10)23-14(19)20/h1-3,8,10,12H,4-7,9H2,(H2,19,20)/t10-,12+. The molecule has 0 heterocycles. The number of alkyl halides is 3. The van der Waals surface area contributed by atoms with Crippen molar-refractivity contribution in [2.24, 2.45) is 11.7 Å². The minimum atomic E-state index is -4.59. The predicted octanol–water partition coefficient (Wildman–Crippen LogP) is 3.13. The molecule has 0 aliphatic heterocycles. The number of carbonyl (C=O) groups excluding carboxylic acids is 1. The normalized spacial score (nSPS) is 22.1. The Kier molecular flexibility index (Phi) is 5.42. The number of nitrogens with two attached hydrogens (primary N) is 1. The minimum Gasteiger partial charge on any atom is -0.446 e. The molecule has 0 saturated heterocycles. The van der Waals surface area contributed by atoms with Crippen LogP contribution in [0.25, 0.3) is 0 Å². The number of primary amides is 1. The van der Waals surface area contributed by atoms with Gasteiger partial charge in [-0.25, -0.2) is 13.2 Å². The van der Waals surface area contributed by atoms with Crippen LogP contribution < -0.4 is 5.73 Å². The first kappa shape index (κ1) is 18.6. The van der Waals surface area contributed by atoms with Crippen LogP contribution in [0, 0.1) is 5.92 Å². The summed E-state index contributed by atoms with van der Waals surface area (Å²) in [5.74, 6) is -0.408. The van der Waals surface area contributed by atoms with Gasteiger partial charge >= 0.3 is 12.3 Å². The van der Waals surface area contributed by atoms with Gasteiger partial charge in [0, 0.05) is 0 Å². The second-order valence-electron chi connectivity index (χ2n) is 5.89. The van der Waals surface area contributed by atoms with Crippen molar-refractivity contribution in [3.63, 3.8) is 0 Å². The molecule has 1 aromatic rings. The molecular weight excluding hydrogens is 347 g/mol. The van der Waals surface area contributed by atoms with Gasteiger partial charge in [0.25, 0.3) is 0 Å². The summed E-state index contributed by atoms with van der Waals surface area (Å²) in [6.45, 7) is 0. The fourth-order valence-corrected chi connectivity index (χ4v) is 4.59. The Morgan fingerprint density at radius 1 is 1.21 bits per heavy atom. The number of halogens is 3. The van der Waals surface area contributed by atoms with Crippen molar-refractivity contribution in [3.8, 4) is 0 Å². The second-order valence-corrected chi connectivity index (χ2v) is 7.92. The summed E-state index contributed by atoms with van der Waals surface area (Å²) in [4.78, 5) is 10.4. The van der Waals surface area contributed by atoms with Gasteiger partial charge < -0.3 is 10.5 Å². The van der Waals surface area contributed by atoms with E-state index in [2.05, 4.69) is 0 Å². The predicted molar refractivity (Wildman–Crippen MR) is 79.9 cm³/mol. The van der Waals surface area contributed by atoms with Gasteiger partial charge in [-0.05, 0) is 49.8 Å². The number of hydrogen-bond donors (Lipinski definition) is 1. The monoisotopic (exact) mass is 365 g/mol. The number of sulfone groups is 1. The Balaban J connectivity index is 2.04. The molecule has 2 rings (SSSR count). The molecule has 2 N–H and O–H groups in total. The van der Waals surface area contributed by atoms with E-state index >= 15 is 0 Å². The zero-order chi connectivity index (χ0) is 18.0. The van der Waals surface area contributed by atoms with E-state index in [1.807, 2.05) is 0 Å². The fraction of sp³-hybridized carbons (Fsp3) is 0.533. The summed E-state index contributed by atoms with van der Waals surface area (Å²) in [5.41, 5.74) is 3.95. The largest absolute Gasteiger partial charge is 0.446 e. The Labute approximate surface area is 137 Å². The molecule has 1 amide bonds. The third-order valence-corrected chi connectivity index (χ3v) is 5.93. The third kappa shape index (κ3) is 4.86. The smallest absolute Gasteiger partial charge is 0.416 e. The number of ether oxygens (including phenoxy) is 1. The average molecular weight is 365 g/mol. The molecule has 1 aliphatic rings. The van der Waals surface area contributed by atoms with Crippen LogP contribution >= 0.6 is 0 Å². The van der Waals surface area contributed by atoms with Crippen molar-refractivity contribution in [2.45, 2.75) is 42.9 Å². The van der Waals surface area contributed by atoms with Crippen LogP contribution in [0.15, 0.2) is 29.2 Å². The van der Waals surface area contributed by atoms with Crippen LogP contribution in [-0.2, 0) is 20.8 Å². The number of rotatable bonds is 4. The van der Waals surface area contributed by atoms with E-state index in [-0.39, 0.29) is 22.7 Å². The molecule has 1 aliphatic carbocycles. The van der Waals surface area contributed by atoms with Crippen molar-refractivity contribution in [2.75, 3.05) is 5.75 Å². The van der Waals surface area contributed by atoms with Gasteiger partial charge in [0.2, 0.25) is 0 Å². The van der Waals surface area contributed by atoms with Crippen LogP contribution in [-0.4, -0.2) is 26.4 Å². The first-order valence-electron chi connectivity index (χ1n) is 7.44. The van der Waals surface area contributed by atoms with Crippen LogP contribution in [0.2, 0.25) is 0 Å². The summed E-state index contributed by atoms with van der Waals surface area (Å²) < 4.78 is 67.8. The molecule has 134 valence electrons. The van der Waals surface area contributed by atoms with Gasteiger partial charge in [-0.15, -0.1) is 0 Å². The topological polar surface area (TPSA) is 86.5 Å². The number of carbonyl (C=O) groups is 1. The first-order valence-corrected chi connectivity index (χ1v) is 9.09. The highest BCUT2D eigenvalue weighted by molar-refractivity contribution is 7.91. The molecule has 1 fully saturated rings. The highest BCUT2D eigenvalue weighted by Gasteiger charge is 2.33. The third-order valence-electron chi connectivity index (χ3n) is 4.05. The maximum absolute atomic E-state index is 12.7. The average Bonchev–Trinajstić information content (AvgIpc) is 2.48. The lowest BCUT2D eigenvalue weighted by Gasteiger charge is -2.27. The Hall–Kier alpha value is -1.77. The molecule has 0 bridgehead atoms. The highest BCUT2D eigenvalue weighted by atomic mass is 32.2. The molecule has 0 radical (unpaired) electrons. The van der Waals surface area contributed by atoms with Crippen LogP contribution in [0.5, 0.6) is 0 Å². The molecule has 1 aromatic carbocycles. The first-order chi connectivity index (χ1) is 11.1. The molecule has 0 unspecified atom stereocenters. The van der Waals surface area contributed by atoms with Gasteiger partial charge in [-0.3, -0.25) is 0 Å². The molecule has 1 saturated carbocycles. The summed E-state index contributed by atoms with van der Waals surface area (Å²) in [6.07, 6.45) is -3.77. The van der Waals surface area contributed by atoms with Gasteiger partial charge in [-0.2, -0.15) is 13.2 Å². The second kappa shape index (κ2) is 7.00. The van der Waals surface area contributed by atoms with Crippen molar-refractivity contribution in [1.82, 2.24) is 0 Å². The molecule has 9 heteroatoms. The van der Waals surface area contributed by atoms with Crippen LogP contribution in [0.1, 0.15) is 31.2 Å². The van der Waals surface area contributed by atoms with Crippen molar-refractivity contribution < 1.29 is 31.1 Å². The highest BCUT2D eigenvalue weighted by Crippen LogP contribution is 2.32. The van der Waals surface area contributed by atoms with Crippen LogP contribution in [0.3, 0.4) is 0 Å². The summed E-state index contributed by atoms with van der Waals surface area (Å²) in [6, 6.07) is 3.77. The van der Waals surface area contributed by atoms with E-state index in [9.17, 15) is 26.4 Å². The number of benzene rings is 1. The van der Waals surface area contributed by atoms with Gasteiger partial charge in [0.15, 0.2) is 9.84 Å². The van der Waals surface area contributed by atoms with E-state index in [4.69, 9.17) is 10.5 Å². The van der Waals surface area contributed by atoms with E-state index < -0.39 is 27.7 Å². The lowest BCUT2D eigenvalue weighted by Crippen LogP contribution is -2.29. The number of hydrogen-bond acceptors (Lipinski definition) is 4. The molecule has 0 spiro atoms. The van der Waals surface area contributed by atoms with Crippen molar-refractivity contribution in [1.29, 1.82) is 0 Å². The summed E-state index contributed by atoms with van der Waals surface area (Å²) >= 11 is 0. The molecule has 0 atom stereocenters. The minimum absolute atomic E-state index is 0.183. The zero-order valence-electron chi connectivity index (χ0n) is 12.8. The Morgan fingerprint density at radius 2 is 1.83 bits per heavy atom. The van der Waals surface area contributed by atoms with Crippen LogP contribution in [0.4, 0.5) is 18.0 Å². The van der Waals surface area contributed by atoms with Gasteiger partial charge in [0.1, 0.15) is 6.10 Å². The maximum Gasteiger partial charge on any atom is 0.416 e. The van der Waals surface area contributed by atoms with E-state index in [1.165, 1.54) is 6.07 Å². The molecule has 0 aromatic heterocycles. The Bertz CT molecular complexity index is 695. The summed E-state index contributed by atoms with van der Waals surface area (Å²) in [7, 11) is -3.82. The lowest BCUT2D eigenvalue weighted by atomic mass is 9.89. The Morgan fingerprint density at radius 3 is 2.38 bits per heavy atom. The lowest BCUT2D eigenvalue weighted by molar-refractivity contribution is -0.137. The maximum atomic E-state index is 12.7. The van der Waals surface area contributed by atoms with Crippen molar-refractivity contribution >= 4 is 15.9 Å².